The van der Waals surface area contributed by atoms with Crippen LogP contribution in [0.2, 0.25) is 0 Å². The van der Waals surface area contributed by atoms with Gasteiger partial charge in [0.05, 0.1) is 21.6 Å². The quantitative estimate of drug-likeness (QED) is 0.203. The second-order valence-corrected chi connectivity index (χ2v) is 19.2. The molecule has 0 radical (unpaired) electrons. The van der Waals surface area contributed by atoms with Crippen molar-refractivity contribution in [2.45, 2.75) is 115 Å². The molecule has 2 saturated heterocycles. The Bertz CT molecular complexity index is 1770. The van der Waals surface area contributed by atoms with Gasteiger partial charge in [-0.2, -0.15) is 0 Å². The number of nitrogens with zero attached hydrogens (tertiary/aromatic N) is 2. The first-order chi connectivity index (χ1) is 24.4. The number of carbonyl (C=O) groups is 4. The molecule has 13 heteroatoms. The Hall–Kier alpha value is -4.13. The summed E-state index contributed by atoms with van der Waals surface area (Å²) in [5, 5.41) is 9.52. The minimum atomic E-state index is -4.04. The van der Waals surface area contributed by atoms with E-state index in [9.17, 15) is 32.7 Å². The van der Waals surface area contributed by atoms with Crippen LogP contribution in [0.4, 0.5) is 9.59 Å². The Morgan fingerprint density at radius 2 is 1.08 bits per heavy atom. The SMILES string of the molecule is CC(C)(C)OC(=O)C(Cc1cccc(S(=O)(=O)c2cccc(CC(C(=O)OC(C)(C)C)[C@H]3CCN(C(=O)OC(C)(C)C)C3)c2)c1)[C@H]1CCN(C(=O)O)C1. The van der Waals surface area contributed by atoms with Crippen molar-refractivity contribution in [1.82, 2.24) is 9.80 Å². The van der Waals surface area contributed by atoms with E-state index >= 15 is 0 Å². The number of sulfone groups is 1. The van der Waals surface area contributed by atoms with E-state index in [1.807, 2.05) is 0 Å². The number of rotatable bonds is 10. The number of likely N-dealkylation sites (tertiary alicyclic amines) is 2. The first kappa shape index (κ1) is 41.6. The van der Waals surface area contributed by atoms with E-state index in [4.69, 9.17) is 14.2 Å². The first-order valence-electron chi connectivity index (χ1n) is 18.3. The molecule has 0 saturated carbocycles. The average Bonchev–Trinajstić information content (AvgIpc) is 3.71. The van der Waals surface area contributed by atoms with E-state index in [1.54, 1.807) is 104 Å². The zero-order chi connectivity index (χ0) is 39.5. The molecule has 1 N–H and O–H groups in total. The summed E-state index contributed by atoms with van der Waals surface area (Å²) in [5.41, 5.74) is -0.931. The van der Waals surface area contributed by atoms with E-state index in [0.717, 1.165) is 0 Å². The highest BCUT2D eigenvalue weighted by molar-refractivity contribution is 7.91. The van der Waals surface area contributed by atoms with Gasteiger partial charge in [-0.15, -0.1) is 0 Å². The van der Waals surface area contributed by atoms with Crippen LogP contribution in [0.25, 0.3) is 0 Å². The summed E-state index contributed by atoms with van der Waals surface area (Å²) in [4.78, 5) is 54.5. The monoisotopic (exact) mass is 756 g/mol. The number of hydrogen-bond acceptors (Lipinski definition) is 9. The van der Waals surface area contributed by atoms with Gasteiger partial charge in [0.25, 0.3) is 0 Å². The van der Waals surface area contributed by atoms with E-state index in [1.165, 1.54) is 17.0 Å². The molecule has 2 aromatic rings. The highest BCUT2D eigenvalue weighted by atomic mass is 32.2. The Labute approximate surface area is 314 Å². The van der Waals surface area contributed by atoms with Crippen molar-refractivity contribution < 1.29 is 46.9 Å². The molecule has 2 unspecified atom stereocenters. The van der Waals surface area contributed by atoms with Crippen molar-refractivity contribution in [3.63, 3.8) is 0 Å². The third-order valence-electron chi connectivity index (χ3n) is 9.26. The lowest BCUT2D eigenvalue weighted by Gasteiger charge is -2.28. The standard InChI is InChI=1S/C40H56N2O10S/c1-38(2,3)50-34(43)32(28-16-18-41(24-28)36(45)46)22-26-12-10-14-30(20-26)53(48,49)31-15-11-13-27(21-31)23-33(35(44)51-39(4,5)6)29-17-19-42(25-29)37(47)52-40(7,8)9/h10-15,20-21,28-29,32-33H,16-19,22-25H2,1-9H3,(H,45,46)/t28-,29-,32?,33?/m0/s1. The fourth-order valence-corrected chi connectivity index (χ4v) is 8.26. The van der Waals surface area contributed by atoms with Crippen LogP contribution in [0.15, 0.2) is 58.3 Å². The van der Waals surface area contributed by atoms with Crippen molar-refractivity contribution in [3.8, 4) is 0 Å². The van der Waals surface area contributed by atoms with Gasteiger partial charge in [0.2, 0.25) is 9.84 Å². The number of esters is 2. The Morgan fingerprint density at radius 3 is 1.45 bits per heavy atom. The van der Waals surface area contributed by atoms with Gasteiger partial charge in [0, 0.05) is 26.2 Å². The summed E-state index contributed by atoms with van der Waals surface area (Å²) in [6.07, 6.45) is -0.0542. The fraction of sp³-hybridized carbons (Fsp3) is 0.600. The lowest BCUT2D eigenvalue weighted by molar-refractivity contribution is -0.163. The number of carboxylic acid groups (broad SMARTS) is 1. The maximum atomic E-state index is 14.1. The van der Waals surface area contributed by atoms with Gasteiger partial charge in [-0.25, -0.2) is 18.0 Å². The smallest absolute Gasteiger partial charge is 0.410 e. The van der Waals surface area contributed by atoms with Crippen LogP contribution < -0.4 is 0 Å². The minimum Gasteiger partial charge on any atom is -0.465 e. The van der Waals surface area contributed by atoms with Gasteiger partial charge >= 0.3 is 24.1 Å². The molecule has 0 aliphatic carbocycles. The highest BCUT2D eigenvalue weighted by Crippen LogP contribution is 2.33. The molecule has 0 aromatic heterocycles. The molecule has 2 aliphatic rings. The number of ether oxygens (including phenoxy) is 3. The average molecular weight is 757 g/mol. The van der Waals surface area contributed by atoms with E-state index in [0.29, 0.717) is 43.6 Å². The lowest BCUT2D eigenvalue weighted by Crippen LogP contribution is -2.38. The van der Waals surface area contributed by atoms with Crippen LogP contribution in [-0.2, 0) is 46.5 Å². The predicted octanol–water partition coefficient (Wildman–Crippen LogP) is 6.78. The van der Waals surface area contributed by atoms with Gasteiger partial charge in [0.15, 0.2) is 0 Å². The minimum absolute atomic E-state index is 0.0427. The zero-order valence-corrected chi connectivity index (χ0v) is 33.3. The van der Waals surface area contributed by atoms with Gasteiger partial charge in [0.1, 0.15) is 16.8 Å². The van der Waals surface area contributed by atoms with Crippen LogP contribution in [0.5, 0.6) is 0 Å². The molecule has 0 bridgehead atoms. The van der Waals surface area contributed by atoms with Crippen LogP contribution in [0, 0.1) is 23.7 Å². The molecule has 0 spiro atoms. The molecule has 4 rings (SSSR count). The van der Waals surface area contributed by atoms with E-state index < -0.39 is 62.6 Å². The van der Waals surface area contributed by atoms with E-state index in [2.05, 4.69) is 0 Å². The molecular formula is C40H56N2O10S. The summed E-state index contributed by atoms with van der Waals surface area (Å²) >= 11 is 0. The number of benzene rings is 2. The molecule has 2 amide bonds. The predicted molar refractivity (Wildman–Crippen MR) is 198 cm³/mol. The maximum absolute atomic E-state index is 14.1. The summed E-state index contributed by atoms with van der Waals surface area (Å²) in [6, 6.07) is 12.9. The van der Waals surface area contributed by atoms with Gasteiger partial charge < -0.3 is 29.1 Å². The summed E-state index contributed by atoms with van der Waals surface area (Å²) in [7, 11) is -4.04. The molecule has 2 fully saturated rings. The normalized spacial score (nSPS) is 19.4. The molecule has 4 atom stereocenters. The fourth-order valence-electron chi connectivity index (χ4n) is 6.86. The number of carbonyl (C=O) groups excluding carboxylic acids is 3. The first-order valence-corrected chi connectivity index (χ1v) is 19.7. The van der Waals surface area contributed by atoms with Crippen LogP contribution in [0.1, 0.15) is 86.3 Å². The molecule has 53 heavy (non-hydrogen) atoms. The van der Waals surface area contributed by atoms with Crippen molar-refractivity contribution in [1.29, 1.82) is 0 Å². The van der Waals surface area contributed by atoms with Crippen molar-refractivity contribution >= 4 is 34.0 Å². The topological polar surface area (TPSA) is 157 Å². The zero-order valence-electron chi connectivity index (χ0n) is 32.5. The molecule has 292 valence electrons. The third kappa shape index (κ3) is 11.7. The second kappa shape index (κ2) is 16.1. The third-order valence-corrected chi connectivity index (χ3v) is 11.0. The van der Waals surface area contributed by atoms with Gasteiger partial charge in [-0.05, 0) is 135 Å². The summed E-state index contributed by atoms with van der Waals surface area (Å²) in [6.45, 7) is 17.3. The van der Waals surface area contributed by atoms with Crippen LogP contribution in [-0.4, -0.2) is 90.4 Å². The molecular weight excluding hydrogens is 701 g/mol. The summed E-state index contributed by atoms with van der Waals surface area (Å²) in [5.74, 6) is -2.69. The van der Waals surface area contributed by atoms with Gasteiger partial charge in [-0.3, -0.25) is 9.59 Å². The molecule has 2 heterocycles. The molecule has 2 aromatic carbocycles. The molecule has 2 aliphatic heterocycles. The number of amides is 2. The van der Waals surface area contributed by atoms with Crippen molar-refractivity contribution in [2.75, 3.05) is 26.2 Å². The lowest BCUT2D eigenvalue weighted by atomic mass is 9.86. The van der Waals surface area contributed by atoms with Crippen LogP contribution in [0.3, 0.4) is 0 Å². The Balaban J connectivity index is 1.58. The van der Waals surface area contributed by atoms with Crippen LogP contribution >= 0.6 is 0 Å². The number of hydrogen-bond donors (Lipinski definition) is 1. The largest absolute Gasteiger partial charge is 0.465 e. The maximum Gasteiger partial charge on any atom is 0.410 e. The Kier molecular flexibility index (Phi) is 12.6. The van der Waals surface area contributed by atoms with Crippen molar-refractivity contribution in [2.24, 2.45) is 23.7 Å². The van der Waals surface area contributed by atoms with E-state index in [-0.39, 0.29) is 41.0 Å². The Morgan fingerprint density at radius 1 is 0.679 bits per heavy atom. The molecule has 12 nitrogen and oxygen atoms in total. The second-order valence-electron chi connectivity index (χ2n) is 17.2. The summed E-state index contributed by atoms with van der Waals surface area (Å²) < 4.78 is 45.3. The highest BCUT2D eigenvalue weighted by Gasteiger charge is 2.40. The van der Waals surface area contributed by atoms with Gasteiger partial charge in [-0.1, -0.05) is 24.3 Å². The van der Waals surface area contributed by atoms with Crippen molar-refractivity contribution in [3.05, 3.63) is 59.7 Å².